The Labute approximate surface area is 196 Å². The summed E-state index contributed by atoms with van der Waals surface area (Å²) >= 11 is 6.17. The molecule has 3 aromatic carbocycles. The van der Waals surface area contributed by atoms with Crippen molar-refractivity contribution < 1.29 is 13.2 Å². The number of aromatic nitrogens is 2. The van der Waals surface area contributed by atoms with E-state index in [0.717, 1.165) is 0 Å². The Morgan fingerprint density at radius 2 is 1.48 bits per heavy atom. The smallest absolute Gasteiger partial charge is 0.321 e. The Morgan fingerprint density at radius 3 is 2.09 bits per heavy atom. The van der Waals surface area contributed by atoms with Gasteiger partial charge in [-0.3, -0.25) is 13.9 Å². The number of amides is 1. The third kappa shape index (κ3) is 3.96. The van der Waals surface area contributed by atoms with E-state index < -0.39 is 15.7 Å². The molecular weight excluding hydrogens is 462 g/mol. The first kappa shape index (κ1) is 22.8. The monoisotopic (exact) mass is 483 g/mol. The highest BCUT2D eigenvalue weighted by Crippen LogP contribution is 2.32. The molecule has 7 nitrogen and oxygen atoms in total. The van der Waals surface area contributed by atoms with Crippen LogP contribution in [0.3, 0.4) is 0 Å². The number of sulfone groups is 1. The summed E-state index contributed by atoms with van der Waals surface area (Å²) in [5.41, 5.74) is 1.06. The van der Waals surface area contributed by atoms with Crippen molar-refractivity contribution in [3.63, 3.8) is 0 Å². The number of halogens is 1. The summed E-state index contributed by atoms with van der Waals surface area (Å²) in [5, 5.41) is 2.95. The fourth-order valence-electron chi connectivity index (χ4n) is 3.83. The molecule has 4 rings (SSSR count). The van der Waals surface area contributed by atoms with Crippen molar-refractivity contribution in [3.8, 4) is 0 Å². The van der Waals surface area contributed by atoms with Crippen LogP contribution in [0.1, 0.15) is 24.2 Å². The molecule has 1 aromatic heterocycles. The van der Waals surface area contributed by atoms with Crippen LogP contribution in [0.4, 0.5) is 5.69 Å². The second kappa shape index (κ2) is 8.88. The second-order valence-corrected chi connectivity index (χ2v) is 9.68. The highest BCUT2D eigenvalue weighted by Gasteiger charge is 2.26. The maximum atomic E-state index is 13.6. The van der Waals surface area contributed by atoms with Gasteiger partial charge in [0.1, 0.15) is 0 Å². The molecule has 4 aromatic rings. The molecule has 0 aliphatic carbocycles. The largest absolute Gasteiger partial charge is 0.329 e. The van der Waals surface area contributed by atoms with Crippen LogP contribution >= 0.6 is 11.6 Å². The lowest BCUT2D eigenvalue weighted by Crippen LogP contribution is -2.23. The van der Waals surface area contributed by atoms with E-state index in [1.807, 2.05) is 13.8 Å². The number of carbonyl (C=O) groups excluding carboxylic acids is 1. The highest BCUT2D eigenvalue weighted by atomic mass is 35.5. The molecular formula is C24H22ClN3O4S. The Hall–Kier alpha value is -3.36. The van der Waals surface area contributed by atoms with Crippen molar-refractivity contribution >= 4 is 44.1 Å². The van der Waals surface area contributed by atoms with E-state index in [2.05, 4.69) is 5.32 Å². The van der Waals surface area contributed by atoms with E-state index in [-0.39, 0.29) is 31.8 Å². The quantitative estimate of drug-likeness (QED) is 0.434. The zero-order valence-corrected chi connectivity index (χ0v) is 19.7. The number of hydrogen-bond donors (Lipinski definition) is 1. The Kier molecular flexibility index (Phi) is 6.14. The van der Waals surface area contributed by atoms with Crippen LogP contribution in [0.5, 0.6) is 0 Å². The minimum atomic E-state index is -4.01. The van der Waals surface area contributed by atoms with Gasteiger partial charge in [-0.15, -0.1) is 0 Å². The van der Waals surface area contributed by atoms with Gasteiger partial charge in [0.25, 0.3) is 5.91 Å². The van der Waals surface area contributed by atoms with E-state index >= 15 is 0 Å². The first-order chi connectivity index (χ1) is 15.8. The number of rotatable bonds is 6. The first-order valence-corrected chi connectivity index (χ1v) is 12.3. The molecule has 0 aliphatic heterocycles. The predicted molar refractivity (Wildman–Crippen MR) is 129 cm³/mol. The van der Waals surface area contributed by atoms with Gasteiger partial charge >= 0.3 is 5.69 Å². The number of anilines is 1. The van der Waals surface area contributed by atoms with Crippen LogP contribution in [0.15, 0.2) is 81.3 Å². The third-order valence-corrected chi connectivity index (χ3v) is 7.60. The molecule has 0 fully saturated rings. The third-order valence-electron chi connectivity index (χ3n) is 5.46. The lowest BCUT2D eigenvalue weighted by Gasteiger charge is -2.14. The number of aryl methyl sites for hydroxylation is 2. The Bertz CT molecular complexity index is 1520. The van der Waals surface area contributed by atoms with Crippen LogP contribution in [0.25, 0.3) is 11.0 Å². The summed E-state index contributed by atoms with van der Waals surface area (Å²) in [6, 6.07) is 17.4. The topological polar surface area (TPSA) is 90.2 Å². The zero-order valence-electron chi connectivity index (χ0n) is 18.1. The Balaban J connectivity index is 1.99. The van der Waals surface area contributed by atoms with E-state index in [0.29, 0.717) is 24.1 Å². The molecule has 9 heteroatoms. The fourth-order valence-corrected chi connectivity index (χ4v) is 5.49. The second-order valence-electron chi connectivity index (χ2n) is 7.36. The van der Waals surface area contributed by atoms with Crippen molar-refractivity contribution in [2.75, 3.05) is 5.32 Å². The van der Waals surface area contributed by atoms with Gasteiger partial charge in [-0.2, -0.15) is 0 Å². The maximum absolute atomic E-state index is 13.6. The maximum Gasteiger partial charge on any atom is 0.329 e. The SMILES string of the molecule is CCn1c(=O)n(CC)c2cc(S(=O)(=O)c3ccccc3)c(NC(=O)c3ccccc3Cl)cc21. The summed E-state index contributed by atoms with van der Waals surface area (Å²) in [4.78, 5) is 25.8. The average molecular weight is 484 g/mol. The van der Waals surface area contributed by atoms with Crippen LogP contribution in [0, 0.1) is 0 Å². The van der Waals surface area contributed by atoms with Crippen LogP contribution in [-0.4, -0.2) is 23.5 Å². The average Bonchev–Trinajstić information content (AvgIpc) is 3.08. The number of imidazole rings is 1. The molecule has 0 unspecified atom stereocenters. The van der Waals surface area contributed by atoms with Crippen molar-refractivity contribution in [2.24, 2.45) is 0 Å². The number of carbonyl (C=O) groups is 1. The van der Waals surface area contributed by atoms with Gasteiger partial charge in [-0.25, -0.2) is 13.2 Å². The van der Waals surface area contributed by atoms with Gasteiger partial charge < -0.3 is 5.32 Å². The summed E-state index contributed by atoms with van der Waals surface area (Å²) < 4.78 is 30.2. The predicted octanol–water partition coefficient (Wildman–Crippen LogP) is 4.58. The molecule has 170 valence electrons. The number of nitrogens with zero attached hydrogens (tertiary/aromatic N) is 2. The fraction of sp³-hybridized carbons (Fsp3) is 0.167. The number of fused-ring (bicyclic) bond motifs is 1. The first-order valence-electron chi connectivity index (χ1n) is 10.4. The van der Waals surface area contributed by atoms with Crippen molar-refractivity contribution in [3.05, 3.63) is 87.8 Å². The van der Waals surface area contributed by atoms with Gasteiger partial charge in [0.15, 0.2) is 0 Å². The molecule has 1 amide bonds. The highest BCUT2D eigenvalue weighted by molar-refractivity contribution is 7.91. The number of hydrogen-bond acceptors (Lipinski definition) is 4. The molecule has 0 radical (unpaired) electrons. The molecule has 0 aliphatic rings. The standard InChI is InChI=1S/C24H22ClN3O4S/c1-3-27-20-14-19(26-23(29)17-12-8-9-13-18(17)25)22(15-21(20)28(4-2)24(27)30)33(31,32)16-10-6-5-7-11-16/h5-15H,3-4H2,1-2H3,(H,26,29). The van der Waals surface area contributed by atoms with Crippen LogP contribution in [0.2, 0.25) is 5.02 Å². The van der Waals surface area contributed by atoms with Gasteiger partial charge in [-0.1, -0.05) is 41.9 Å². The Morgan fingerprint density at radius 1 is 0.909 bits per heavy atom. The van der Waals surface area contributed by atoms with Crippen molar-refractivity contribution in [1.82, 2.24) is 9.13 Å². The summed E-state index contributed by atoms with van der Waals surface area (Å²) in [7, 11) is -4.01. The molecule has 0 spiro atoms. The van der Waals surface area contributed by atoms with E-state index in [9.17, 15) is 18.0 Å². The number of benzene rings is 3. The van der Waals surface area contributed by atoms with Gasteiger partial charge in [0.2, 0.25) is 9.84 Å². The molecule has 0 saturated carbocycles. The van der Waals surface area contributed by atoms with Gasteiger partial charge in [0, 0.05) is 13.1 Å². The minimum absolute atomic E-state index is 0.0757. The van der Waals surface area contributed by atoms with Crippen molar-refractivity contribution in [2.45, 2.75) is 36.7 Å². The van der Waals surface area contributed by atoms with Gasteiger partial charge in [0.05, 0.1) is 37.1 Å². The summed E-state index contributed by atoms with van der Waals surface area (Å²) in [6.45, 7) is 4.42. The molecule has 1 heterocycles. The molecule has 33 heavy (non-hydrogen) atoms. The van der Waals surface area contributed by atoms with Crippen molar-refractivity contribution in [1.29, 1.82) is 0 Å². The molecule has 0 atom stereocenters. The van der Waals surface area contributed by atoms with E-state index in [1.54, 1.807) is 47.0 Å². The lowest BCUT2D eigenvalue weighted by molar-refractivity contribution is 0.102. The zero-order chi connectivity index (χ0) is 23.8. The van der Waals surface area contributed by atoms with E-state index in [4.69, 9.17) is 11.6 Å². The van der Waals surface area contributed by atoms with Gasteiger partial charge in [-0.05, 0) is 50.2 Å². The van der Waals surface area contributed by atoms with E-state index in [1.165, 1.54) is 28.8 Å². The summed E-state index contributed by atoms with van der Waals surface area (Å²) in [5.74, 6) is -0.551. The molecule has 1 N–H and O–H groups in total. The number of nitrogens with one attached hydrogen (secondary N) is 1. The van der Waals surface area contributed by atoms with Crippen LogP contribution < -0.4 is 11.0 Å². The minimum Gasteiger partial charge on any atom is -0.321 e. The molecule has 0 saturated heterocycles. The summed E-state index contributed by atoms with van der Waals surface area (Å²) in [6.07, 6.45) is 0. The lowest BCUT2D eigenvalue weighted by atomic mass is 10.2. The van der Waals surface area contributed by atoms with Crippen LogP contribution in [-0.2, 0) is 22.9 Å². The molecule has 0 bridgehead atoms. The normalized spacial score (nSPS) is 11.6.